The van der Waals surface area contributed by atoms with Crippen LogP contribution in [0.4, 0.5) is 0 Å². The molecule has 2 heterocycles. The molecule has 20 heavy (non-hydrogen) atoms. The van der Waals surface area contributed by atoms with Crippen molar-refractivity contribution in [3.05, 3.63) is 5.21 Å². The summed E-state index contributed by atoms with van der Waals surface area (Å²) in [4.78, 5) is 0. The van der Waals surface area contributed by atoms with Crippen LogP contribution in [0.3, 0.4) is 0 Å². The van der Waals surface area contributed by atoms with Gasteiger partial charge in [-0.15, -0.1) is 0 Å². The van der Waals surface area contributed by atoms with Gasteiger partial charge in [-0.25, -0.2) is 4.74 Å². The molecule has 2 aliphatic rings. The average Bonchev–Trinajstić information content (AvgIpc) is 2.50. The molecule has 2 rings (SSSR count). The van der Waals surface area contributed by atoms with Gasteiger partial charge in [0, 0.05) is 0 Å². The minimum atomic E-state index is -1.96. The van der Waals surface area contributed by atoms with E-state index in [-0.39, 0.29) is 23.4 Å². The Morgan fingerprint density at radius 1 is 1.30 bits per heavy atom. The molecular weight excluding hydrogens is 274 g/mol. The van der Waals surface area contributed by atoms with E-state index in [4.69, 9.17) is 13.9 Å². The molecule has 1 fully saturated rings. The molecule has 6 heteroatoms. The molecule has 5 nitrogen and oxygen atoms in total. The fourth-order valence-electron chi connectivity index (χ4n) is 2.38. The SMILES string of the molecule is CC1(C)O[C@@H]2[C@@H](O[Si](C)(C)C(C)(C)C)C=[N+]([O-])C[C@@H]2O1. The second-order valence-corrected chi connectivity index (χ2v) is 12.5. The lowest BCUT2D eigenvalue weighted by Crippen LogP contribution is -2.54. The monoisotopic (exact) mass is 301 g/mol. The molecule has 1 saturated heterocycles. The van der Waals surface area contributed by atoms with Crippen molar-refractivity contribution in [2.45, 2.75) is 76.8 Å². The van der Waals surface area contributed by atoms with E-state index in [9.17, 15) is 5.21 Å². The minimum absolute atomic E-state index is 0.0937. The first kappa shape index (κ1) is 15.9. The molecule has 2 aliphatic heterocycles. The van der Waals surface area contributed by atoms with Gasteiger partial charge in [0.25, 0.3) is 0 Å². The Kier molecular flexibility index (Phi) is 3.82. The van der Waals surface area contributed by atoms with E-state index in [0.717, 1.165) is 4.74 Å². The van der Waals surface area contributed by atoms with Crippen LogP contribution in [0, 0.1) is 5.21 Å². The lowest BCUT2D eigenvalue weighted by molar-refractivity contribution is -0.475. The number of nitrogens with zero attached hydrogens (tertiary/aromatic N) is 1. The third kappa shape index (κ3) is 3.08. The highest BCUT2D eigenvalue weighted by Crippen LogP contribution is 2.40. The van der Waals surface area contributed by atoms with Crippen molar-refractivity contribution in [2.75, 3.05) is 6.54 Å². The van der Waals surface area contributed by atoms with Crippen molar-refractivity contribution in [1.29, 1.82) is 0 Å². The predicted molar refractivity (Wildman–Crippen MR) is 80.5 cm³/mol. The van der Waals surface area contributed by atoms with Gasteiger partial charge in [0.15, 0.2) is 33.0 Å². The number of ether oxygens (including phenoxy) is 2. The maximum absolute atomic E-state index is 11.8. The Balaban J connectivity index is 2.20. The third-order valence-electron chi connectivity index (χ3n) is 4.46. The summed E-state index contributed by atoms with van der Waals surface area (Å²) in [6.07, 6.45) is 0.868. The smallest absolute Gasteiger partial charge is 0.193 e. The number of hydrogen-bond acceptors (Lipinski definition) is 4. The number of hydroxylamine groups is 1. The Bertz CT molecular complexity index is 414. The summed E-state index contributed by atoms with van der Waals surface area (Å²) in [6.45, 7) is 15.0. The average molecular weight is 301 g/mol. The zero-order valence-corrected chi connectivity index (χ0v) is 14.6. The molecular formula is C14H27NO4Si. The molecule has 0 aromatic carbocycles. The molecule has 0 unspecified atom stereocenters. The molecule has 0 amide bonds. The zero-order valence-electron chi connectivity index (χ0n) is 13.6. The molecule has 3 atom stereocenters. The van der Waals surface area contributed by atoms with E-state index in [1.165, 1.54) is 0 Å². The van der Waals surface area contributed by atoms with E-state index in [0.29, 0.717) is 6.54 Å². The quantitative estimate of drug-likeness (QED) is 0.447. The van der Waals surface area contributed by atoms with Crippen molar-refractivity contribution >= 4 is 14.5 Å². The van der Waals surface area contributed by atoms with E-state index >= 15 is 0 Å². The fraction of sp³-hybridized carbons (Fsp3) is 0.929. The standard InChI is InChI=1S/C14H27NO4Si/c1-13(2,3)20(6,7)19-11-9-15(16)8-10-12(11)18-14(4,5)17-10/h9-12H,8H2,1-7H3/t10-,11-,12-/m0/s1. The van der Waals surface area contributed by atoms with Crippen LogP contribution in [-0.2, 0) is 13.9 Å². The Hall–Kier alpha value is -0.433. The van der Waals surface area contributed by atoms with Gasteiger partial charge < -0.3 is 19.1 Å². The highest BCUT2D eigenvalue weighted by atomic mass is 28.4. The second kappa shape index (κ2) is 4.80. The summed E-state index contributed by atoms with van der Waals surface area (Å²) in [5.74, 6) is -0.649. The van der Waals surface area contributed by atoms with Crippen LogP contribution in [0.2, 0.25) is 18.1 Å². The maximum atomic E-state index is 11.8. The van der Waals surface area contributed by atoms with Crippen LogP contribution in [0.5, 0.6) is 0 Å². The van der Waals surface area contributed by atoms with Gasteiger partial charge >= 0.3 is 0 Å². The van der Waals surface area contributed by atoms with Crippen LogP contribution in [-0.4, -0.2) is 49.9 Å². The van der Waals surface area contributed by atoms with Gasteiger partial charge in [-0.1, -0.05) is 20.8 Å². The maximum Gasteiger partial charge on any atom is 0.193 e. The zero-order chi connectivity index (χ0) is 15.3. The molecule has 0 spiro atoms. The highest BCUT2D eigenvalue weighted by Gasteiger charge is 2.52. The summed E-state index contributed by atoms with van der Waals surface area (Å²) in [6, 6.07) is 0. The van der Waals surface area contributed by atoms with Gasteiger partial charge in [0.1, 0.15) is 12.2 Å². The first-order valence-electron chi connectivity index (χ1n) is 7.23. The molecule has 0 N–H and O–H groups in total. The number of rotatable bonds is 2. The van der Waals surface area contributed by atoms with Crippen molar-refractivity contribution in [3.8, 4) is 0 Å². The molecule has 0 aliphatic carbocycles. The Morgan fingerprint density at radius 3 is 2.45 bits per heavy atom. The topological polar surface area (TPSA) is 53.8 Å². The molecule has 0 radical (unpaired) electrons. The first-order valence-corrected chi connectivity index (χ1v) is 10.1. The predicted octanol–water partition coefficient (Wildman–Crippen LogP) is 2.49. The molecule has 116 valence electrons. The van der Waals surface area contributed by atoms with Crippen LogP contribution in [0.1, 0.15) is 34.6 Å². The summed E-state index contributed by atoms with van der Waals surface area (Å²) >= 11 is 0. The van der Waals surface area contributed by atoms with E-state index < -0.39 is 14.1 Å². The van der Waals surface area contributed by atoms with Crippen LogP contribution in [0.25, 0.3) is 0 Å². The van der Waals surface area contributed by atoms with Gasteiger partial charge in [0.2, 0.25) is 0 Å². The van der Waals surface area contributed by atoms with Gasteiger partial charge in [-0.2, -0.15) is 0 Å². The van der Waals surface area contributed by atoms with Gasteiger partial charge in [0.05, 0.1) is 0 Å². The summed E-state index contributed by atoms with van der Waals surface area (Å²) in [5.41, 5.74) is 0. The molecule has 0 bridgehead atoms. The minimum Gasteiger partial charge on any atom is -0.624 e. The summed E-state index contributed by atoms with van der Waals surface area (Å²) < 4.78 is 19.0. The van der Waals surface area contributed by atoms with E-state index in [2.05, 4.69) is 33.9 Å². The van der Waals surface area contributed by atoms with E-state index in [1.807, 2.05) is 13.8 Å². The second-order valence-electron chi connectivity index (χ2n) is 7.73. The first-order chi connectivity index (χ1) is 8.91. The van der Waals surface area contributed by atoms with Crippen molar-refractivity contribution in [3.63, 3.8) is 0 Å². The summed E-state index contributed by atoms with van der Waals surface area (Å²) in [5, 5.41) is 11.9. The normalized spacial score (nSPS) is 33.8. The largest absolute Gasteiger partial charge is 0.624 e. The third-order valence-corrected chi connectivity index (χ3v) is 8.93. The number of hydrogen-bond donors (Lipinski definition) is 0. The molecule has 0 aromatic rings. The van der Waals surface area contributed by atoms with E-state index in [1.54, 1.807) is 6.21 Å². The molecule has 0 aromatic heterocycles. The van der Waals surface area contributed by atoms with Crippen molar-refractivity contribution in [2.24, 2.45) is 0 Å². The Morgan fingerprint density at radius 2 is 1.90 bits per heavy atom. The lowest BCUT2D eigenvalue weighted by atomic mass is 10.1. The number of fused-ring (bicyclic) bond motifs is 1. The molecule has 0 saturated carbocycles. The van der Waals surface area contributed by atoms with Crippen LogP contribution >= 0.6 is 0 Å². The summed E-state index contributed by atoms with van der Waals surface area (Å²) in [7, 11) is -1.96. The highest BCUT2D eigenvalue weighted by molar-refractivity contribution is 6.74. The van der Waals surface area contributed by atoms with Crippen molar-refractivity contribution in [1.82, 2.24) is 0 Å². The van der Waals surface area contributed by atoms with Crippen molar-refractivity contribution < 1.29 is 18.6 Å². The van der Waals surface area contributed by atoms with Crippen LogP contribution < -0.4 is 0 Å². The fourth-order valence-corrected chi connectivity index (χ4v) is 3.61. The van der Waals surface area contributed by atoms with Gasteiger partial charge in [-0.3, -0.25) is 0 Å². The Labute approximate surface area is 122 Å². The van der Waals surface area contributed by atoms with Gasteiger partial charge in [-0.05, 0) is 32.0 Å². The van der Waals surface area contributed by atoms with Crippen LogP contribution in [0.15, 0.2) is 0 Å². The lowest BCUT2D eigenvalue weighted by Gasteiger charge is -2.40.